The van der Waals surface area contributed by atoms with E-state index in [1.54, 1.807) is 0 Å². The second kappa shape index (κ2) is 13.8. The molecule has 0 atom stereocenters. The standard InChI is InChI=1S/C12H18B4O6/c13-3-9(4-14)21-11(17)7-19-1-2-20-8-12(18)22-10(5-15)6-16/h9-10H,1-8H2. The second-order valence-electron chi connectivity index (χ2n) is 4.27. The molecule has 0 N–H and O–H groups in total. The topological polar surface area (TPSA) is 71.1 Å². The first-order chi connectivity index (χ1) is 10.6. The molecule has 22 heavy (non-hydrogen) atoms. The van der Waals surface area contributed by atoms with Crippen molar-refractivity contribution in [3.05, 3.63) is 0 Å². The van der Waals surface area contributed by atoms with Gasteiger partial charge in [-0.1, -0.05) is 25.3 Å². The van der Waals surface area contributed by atoms with Crippen LogP contribution in [-0.2, 0) is 28.5 Å². The van der Waals surface area contributed by atoms with Gasteiger partial charge < -0.3 is 18.9 Å². The van der Waals surface area contributed by atoms with Gasteiger partial charge in [0.15, 0.2) is 0 Å². The van der Waals surface area contributed by atoms with E-state index in [1.165, 1.54) is 0 Å². The van der Waals surface area contributed by atoms with Gasteiger partial charge in [0.2, 0.25) is 0 Å². The molecule has 0 aromatic carbocycles. The lowest BCUT2D eigenvalue weighted by Crippen LogP contribution is -2.23. The molecular formula is C12H18B4O6. The van der Waals surface area contributed by atoms with Crippen LogP contribution < -0.4 is 0 Å². The van der Waals surface area contributed by atoms with Crippen LogP contribution >= 0.6 is 0 Å². The minimum Gasteiger partial charge on any atom is -0.462 e. The van der Waals surface area contributed by atoms with Gasteiger partial charge in [0.25, 0.3) is 0 Å². The Labute approximate surface area is 136 Å². The number of hydrogen-bond acceptors (Lipinski definition) is 6. The van der Waals surface area contributed by atoms with Crippen LogP contribution in [0, 0.1) is 0 Å². The van der Waals surface area contributed by atoms with Crippen LogP contribution in [0.1, 0.15) is 0 Å². The Hall–Kier alpha value is -0.880. The van der Waals surface area contributed by atoms with E-state index in [1.807, 2.05) is 0 Å². The van der Waals surface area contributed by atoms with Gasteiger partial charge in [-0.25, -0.2) is 9.59 Å². The summed E-state index contributed by atoms with van der Waals surface area (Å²) in [6.07, 6.45) is -0.416. The smallest absolute Gasteiger partial charge is 0.332 e. The van der Waals surface area contributed by atoms with Crippen molar-refractivity contribution in [3.8, 4) is 0 Å². The molecule has 6 nitrogen and oxygen atoms in total. The maximum atomic E-state index is 11.3. The van der Waals surface area contributed by atoms with Gasteiger partial charge in [0, 0.05) is 0 Å². The average Bonchev–Trinajstić information content (AvgIpc) is 2.53. The van der Waals surface area contributed by atoms with Crippen LogP contribution in [0.4, 0.5) is 0 Å². The minimum atomic E-state index is -0.561. The molecular weight excluding hydrogens is 283 g/mol. The summed E-state index contributed by atoms with van der Waals surface area (Å²) in [6, 6.07) is 0. The Kier molecular flexibility index (Phi) is 13.2. The lowest BCUT2D eigenvalue weighted by atomic mass is 9.89. The Morgan fingerprint density at radius 1 is 0.682 bits per heavy atom. The fourth-order valence-corrected chi connectivity index (χ4v) is 1.25. The van der Waals surface area contributed by atoms with Gasteiger partial charge in [-0.15, -0.1) is 0 Å². The summed E-state index contributed by atoms with van der Waals surface area (Å²) in [6.45, 7) is -0.246. The fraction of sp³-hybridized carbons (Fsp3) is 0.833. The summed E-state index contributed by atoms with van der Waals surface area (Å²) < 4.78 is 19.9. The molecule has 0 aromatic rings. The molecule has 0 unspecified atom stereocenters. The van der Waals surface area contributed by atoms with Crippen LogP contribution in [0.3, 0.4) is 0 Å². The molecule has 0 heterocycles. The quantitative estimate of drug-likeness (QED) is 0.252. The largest absolute Gasteiger partial charge is 0.462 e. The SMILES string of the molecule is [B]CC(C[B])OC(=O)COCCOCC(=O)OC(C[B])C[B]. The lowest BCUT2D eigenvalue weighted by molar-refractivity contribution is -0.156. The Balaban J connectivity index is 3.57. The van der Waals surface area contributed by atoms with Crippen molar-refractivity contribution in [2.75, 3.05) is 26.4 Å². The van der Waals surface area contributed by atoms with Crippen molar-refractivity contribution in [2.24, 2.45) is 0 Å². The monoisotopic (exact) mass is 302 g/mol. The summed E-state index contributed by atoms with van der Waals surface area (Å²) >= 11 is 0. The van der Waals surface area contributed by atoms with Gasteiger partial charge in [-0.3, -0.25) is 0 Å². The Bertz CT molecular complexity index is 280. The molecule has 114 valence electrons. The molecule has 0 aliphatic heterocycles. The van der Waals surface area contributed by atoms with Gasteiger partial charge in [-0.2, -0.15) is 0 Å². The summed E-state index contributed by atoms with van der Waals surface area (Å²) in [5, 5.41) is 0. The number of hydrogen-bond donors (Lipinski definition) is 0. The molecule has 0 saturated carbocycles. The molecule has 10 heteroatoms. The molecule has 0 bridgehead atoms. The third-order valence-corrected chi connectivity index (χ3v) is 2.46. The predicted molar refractivity (Wildman–Crippen MR) is 83.6 cm³/mol. The fourth-order valence-electron chi connectivity index (χ4n) is 1.25. The third kappa shape index (κ3) is 10.8. The van der Waals surface area contributed by atoms with E-state index in [0.717, 1.165) is 0 Å². The average molecular weight is 302 g/mol. The van der Waals surface area contributed by atoms with Crippen LogP contribution in [0.15, 0.2) is 0 Å². The third-order valence-electron chi connectivity index (χ3n) is 2.46. The van der Waals surface area contributed by atoms with Gasteiger partial charge in [0.05, 0.1) is 56.8 Å². The number of rotatable bonds is 13. The van der Waals surface area contributed by atoms with Crippen LogP contribution in [0.5, 0.6) is 0 Å². The van der Waals surface area contributed by atoms with E-state index < -0.39 is 24.1 Å². The van der Waals surface area contributed by atoms with E-state index in [2.05, 4.69) is 0 Å². The number of esters is 2. The highest BCUT2D eigenvalue weighted by Crippen LogP contribution is 2.02. The minimum absolute atomic E-state index is 0.121. The highest BCUT2D eigenvalue weighted by atomic mass is 16.6. The number of ether oxygens (including phenoxy) is 4. The molecule has 0 aliphatic carbocycles. The van der Waals surface area contributed by atoms with Crippen molar-refractivity contribution in [1.29, 1.82) is 0 Å². The summed E-state index contributed by atoms with van der Waals surface area (Å²) in [5.74, 6) is -1.12. The maximum absolute atomic E-state index is 11.3. The van der Waals surface area contributed by atoms with Crippen LogP contribution in [0.2, 0.25) is 25.3 Å². The number of carbonyl (C=O) groups is 2. The summed E-state index contributed by atoms with van der Waals surface area (Å²) in [4.78, 5) is 22.6. The maximum Gasteiger partial charge on any atom is 0.332 e. The highest BCUT2D eigenvalue weighted by molar-refractivity contribution is 6.12. The van der Waals surface area contributed by atoms with Crippen molar-refractivity contribution in [2.45, 2.75) is 37.5 Å². The molecule has 0 saturated heterocycles. The molecule has 0 aromatic heterocycles. The zero-order valence-corrected chi connectivity index (χ0v) is 12.6. The van der Waals surface area contributed by atoms with Crippen molar-refractivity contribution in [1.82, 2.24) is 0 Å². The zero-order valence-electron chi connectivity index (χ0n) is 12.6. The number of carbonyl (C=O) groups excluding carboxylic acids is 2. The molecule has 0 aliphatic rings. The highest BCUT2D eigenvalue weighted by Gasteiger charge is 2.11. The van der Waals surface area contributed by atoms with E-state index in [0.29, 0.717) is 0 Å². The van der Waals surface area contributed by atoms with Crippen molar-refractivity contribution in [3.63, 3.8) is 0 Å². The first-order valence-electron chi connectivity index (χ1n) is 6.92. The predicted octanol–water partition coefficient (Wildman–Crippen LogP) is -0.810. The Morgan fingerprint density at radius 2 is 1.00 bits per heavy atom. The van der Waals surface area contributed by atoms with E-state index in [9.17, 15) is 9.59 Å². The van der Waals surface area contributed by atoms with E-state index in [-0.39, 0.29) is 51.7 Å². The molecule has 0 amide bonds. The van der Waals surface area contributed by atoms with Crippen LogP contribution in [-0.4, -0.2) is 82.0 Å². The van der Waals surface area contributed by atoms with Gasteiger partial charge in [0.1, 0.15) is 13.2 Å². The zero-order chi connectivity index (χ0) is 16.8. The lowest BCUT2D eigenvalue weighted by Gasteiger charge is -2.15. The van der Waals surface area contributed by atoms with Gasteiger partial charge in [-0.05, 0) is 0 Å². The van der Waals surface area contributed by atoms with Crippen molar-refractivity contribution >= 4 is 43.3 Å². The molecule has 0 rings (SSSR count). The van der Waals surface area contributed by atoms with Crippen molar-refractivity contribution < 1.29 is 28.5 Å². The summed E-state index contributed by atoms with van der Waals surface area (Å²) in [7, 11) is 21.3. The first-order valence-corrected chi connectivity index (χ1v) is 6.92. The first kappa shape index (κ1) is 21.1. The summed E-state index contributed by atoms with van der Waals surface area (Å²) in [5.41, 5.74) is 0. The second-order valence-corrected chi connectivity index (χ2v) is 4.27. The van der Waals surface area contributed by atoms with E-state index in [4.69, 9.17) is 50.3 Å². The van der Waals surface area contributed by atoms with Gasteiger partial charge >= 0.3 is 11.9 Å². The Morgan fingerprint density at radius 3 is 1.27 bits per heavy atom. The molecule has 0 spiro atoms. The van der Waals surface area contributed by atoms with Crippen LogP contribution in [0.25, 0.3) is 0 Å². The normalized spacial score (nSPS) is 10.8. The molecule has 8 radical (unpaired) electrons. The van der Waals surface area contributed by atoms with E-state index >= 15 is 0 Å². The molecule has 0 fully saturated rings.